The smallest absolute Gasteiger partial charge is 0.268 e. The summed E-state index contributed by atoms with van der Waals surface area (Å²) in [6.07, 6.45) is 3.27. The summed E-state index contributed by atoms with van der Waals surface area (Å²) in [5.74, 6) is -0.603. The van der Waals surface area contributed by atoms with Crippen molar-refractivity contribution in [2.45, 2.75) is 19.4 Å². The molecular formula is C18H21FN4O2. The molecule has 0 bridgehead atoms. The van der Waals surface area contributed by atoms with Crippen molar-refractivity contribution in [2.75, 3.05) is 18.0 Å². The minimum Gasteiger partial charge on any atom is -0.369 e. The average Bonchev–Trinajstić information content (AvgIpc) is 2.63. The number of benzene rings is 1. The van der Waals surface area contributed by atoms with Gasteiger partial charge in [0.15, 0.2) is 0 Å². The van der Waals surface area contributed by atoms with Gasteiger partial charge in [-0.3, -0.25) is 9.59 Å². The van der Waals surface area contributed by atoms with Crippen molar-refractivity contribution in [3.05, 3.63) is 58.3 Å². The average molecular weight is 344 g/mol. The maximum atomic E-state index is 13.6. The van der Waals surface area contributed by atoms with Crippen LogP contribution in [0.4, 0.5) is 10.1 Å². The first-order valence-corrected chi connectivity index (χ1v) is 8.34. The van der Waals surface area contributed by atoms with E-state index >= 15 is 0 Å². The first-order chi connectivity index (χ1) is 12.0. The molecule has 0 saturated carbocycles. The van der Waals surface area contributed by atoms with Gasteiger partial charge in [-0.2, -0.15) is 5.10 Å². The molecule has 1 fully saturated rings. The molecule has 1 unspecified atom stereocenters. The van der Waals surface area contributed by atoms with E-state index in [4.69, 9.17) is 0 Å². The largest absolute Gasteiger partial charge is 0.369 e. The van der Waals surface area contributed by atoms with E-state index in [0.717, 1.165) is 25.1 Å². The summed E-state index contributed by atoms with van der Waals surface area (Å²) in [4.78, 5) is 26.2. The van der Waals surface area contributed by atoms with Crippen molar-refractivity contribution in [3.63, 3.8) is 0 Å². The molecule has 1 aliphatic heterocycles. The number of rotatable bonds is 4. The van der Waals surface area contributed by atoms with E-state index in [9.17, 15) is 14.0 Å². The molecule has 1 saturated heterocycles. The summed E-state index contributed by atoms with van der Waals surface area (Å²) in [5.41, 5.74) is 1.03. The predicted octanol–water partition coefficient (Wildman–Crippen LogP) is 1.45. The fraction of sp³-hybridized carbons (Fsp3) is 0.389. The van der Waals surface area contributed by atoms with Gasteiger partial charge in [0, 0.05) is 38.3 Å². The summed E-state index contributed by atoms with van der Waals surface area (Å²) in [7, 11) is 1.60. The molecule has 25 heavy (non-hydrogen) atoms. The Balaban J connectivity index is 1.62. The van der Waals surface area contributed by atoms with E-state index < -0.39 is 0 Å². The lowest BCUT2D eigenvalue weighted by atomic mass is 9.96. The Bertz CT molecular complexity index is 821. The number of carbonyl (C=O) groups is 1. The van der Waals surface area contributed by atoms with Gasteiger partial charge in [-0.1, -0.05) is 18.2 Å². The number of hydrogen-bond acceptors (Lipinski definition) is 4. The number of halogens is 1. The Hall–Kier alpha value is -2.70. The molecule has 1 atom stereocenters. The second-order valence-corrected chi connectivity index (χ2v) is 6.27. The molecular weight excluding hydrogens is 323 g/mol. The lowest BCUT2D eigenvalue weighted by Crippen LogP contribution is -2.43. The second-order valence-electron chi connectivity index (χ2n) is 6.27. The highest BCUT2D eigenvalue weighted by Crippen LogP contribution is 2.22. The topological polar surface area (TPSA) is 67.2 Å². The summed E-state index contributed by atoms with van der Waals surface area (Å²) in [6, 6.07) is 7.95. The third kappa shape index (κ3) is 4.04. The van der Waals surface area contributed by atoms with E-state index in [2.05, 4.69) is 10.4 Å². The minimum absolute atomic E-state index is 0.0928. The molecule has 3 rings (SSSR count). The first kappa shape index (κ1) is 17.1. The van der Waals surface area contributed by atoms with Crippen LogP contribution in [0.15, 0.2) is 41.3 Å². The highest BCUT2D eigenvalue weighted by atomic mass is 19.1. The van der Waals surface area contributed by atoms with E-state index in [-0.39, 0.29) is 29.7 Å². The molecule has 0 radical (unpaired) electrons. The summed E-state index contributed by atoms with van der Waals surface area (Å²) >= 11 is 0. The maximum Gasteiger partial charge on any atom is 0.268 e. The van der Waals surface area contributed by atoms with Crippen molar-refractivity contribution < 1.29 is 9.18 Å². The Labute approximate surface area is 145 Å². The van der Waals surface area contributed by atoms with Gasteiger partial charge in [0.05, 0.1) is 17.8 Å². The van der Waals surface area contributed by atoms with Gasteiger partial charge in [0.2, 0.25) is 5.91 Å². The maximum absolute atomic E-state index is 13.6. The Morgan fingerprint density at radius 2 is 2.20 bits per heavy atom. The van der Waals surface area contributed by atoms with Crippen LogP contribution >= 0.6 is 0 Å². The molecule has 1 N–H and O–H groups in total. The van der Waals surface area contributed by atoms with Crippen LogP contribution in [-0.4, -0.2) is 28.8 Å². The van der Waals surface area contributed by atoms with Gasteiger partial charge >= 0.3 is 0 Å². The number of anilines is 1. The quantitative estimate of drug-likeness (QED) is 0.912. The summed E-state index contributed by atoms with van der Waals surface area (Å²) in [6.45, 7) is 1.49. The molecule has 1 aliphatic rings. The summed E-state index contributed by atoms with van der Waals surface area (Å²) < 4.78 is 14.9. The SMILES string of the molecule is Cn1ncc(N2CCCC(C(=O)NCc3ccccc3F)C2)cc1=O. The first-order valence-electron chi connectivity index (χ1n) is 8.34. The van der Waals surface area contributed by atoms with Crippen molar-refractivity contribution in [2.24, 2.45) is 13.0 Å². The summed E-state index contributed by atoms with van der Waals surface area (Å²) in [5, 5.41) is 6.84. The monoisotopic (exact) mass is 344 g/mol. The Morgan fingerprint density at radius 1 is 1.40 bits per heavy atom. The van der Waals surface area contributed by atoms with E-state index in [1.54, 1.807) is 31.4 Å². The Morgan fingerprint density at radius 3 is 2.96 bits per heavy atom. The fourth-order valence-electron chi connectivity index (χ4n) is 3.03. The van der Waals surface area contributed by atoms with Crippen molar-refractivity contribution in [3.8, 4) is 0 Å². The zero-order valence-corrected chi connectivity index (χ0v) is 14.1. The molecule has 2 heterocycles. The third-order valence-electron chi connectivity index (χ3n) is 4.52. The van der Waals surface area contributed by atoms with E-state index in [0.29, 0.717) is 12.1 Å². The van der Waals surface area contributed by atoms with Crippen LogP contribution in [0.2, 0.25) is 0 Å². The normalized spacial score (nSPS) is 17.4. The molecule has 1 aromatic heterocycles. The molecule has 0 aliphatic carbocycles. The number of aromatic nitrogens is 2. The lowest BCUT2D eigenvalue weighted by molar-refractivity contribution is -0.125. The van der Waals surface area contributed by atoms with Crippen LogP contribution in [0.5, 0.6) is 0 Å². The zero-order valence-electron chi connectivity index (χ0n) is 14.1. The van der Waals surface area contributed by atoms with Crippen LogP contribution in [0.3, 0.4) is 0 Å². The molecule has 132 valence electrons. The Kier molecular flexibility index (Phi) is 5.11. The molecule has 1 amide bonds. The fourth-order valence-corrected chi connectivity index (χ4v) is 3.03. The van der Waals surface area contributed by atoms with Crippen LogP contribution in [0.1, 0.15) is 18.4 Å². The van der Waals surface area contributed by atoms with Gasteiger partial charge in [-0.05, 0) is 18.9 Å². The highest BCUT2D eigenvalue weighted by molar-refractivity contribution is 5.79. The molecule has 1 aromatic carbocycles. The van der Waals surface area contributed by atoms with Crippen LogP contribution in [0, 0.1) is 11.7 Å². The zero-order chi connectivity index (χ0) is 17.8. The van der Waals surface area contributed by atoms with Gasteiger partial charge in [-0.25, -0.2) is 9.07 Å². The minimum atomic E-state index is -0.320. The number of nitrogens with zero attached hydrogens (tertiary/aromatic N) is 3. The van der Waals surface area contributed by atoms with Gasteiger partial charge in [0.25, 0.3) is 5.56 Å². The van der Waals surface area contributed by atoms with Crippen LogP contribution in [-0.2, 0) is 18.4 Å². The van der Waals surface area contributed by atoms with Crippen molar-refractivity contribution in [1.29, 1.82) is 0 Å². The lowest BCUT2D eigenvalue weighted by Gasteiger charge is -2.33. The van der Waals surface area contributed by atoms with Gasteiger partial charge < -0.3 is 10.2 Å². The van der Waals surface area contributed by atoms with Crippen LogP contribution < -0.4 is 15.8 Å². The number of aryl methyl sites for hydroxylation is 1. The van der Waals surface area contributed by atoms with E-state index in [1.165, 1.54) is 16.8 Å². The molecule has 0 spiro atoms. The number of amides is 1. The van der Waals surface area contributed by atoms with Crippen LogP contribution in [0.25, 0.3) is 0 Å². The number of nitrogens with one attached hydrogen (secondary N) is 1. The molecule has 2 aromatic rings. The number of carbonyl (C=O) groups excluding carboxylic acids is 1. The molecule has 6 nitrogen and oxygen atoms in total. The van der Waals surface area contributed by atoms with E-state index in [1.807, 2.05) is 4.90 Å². The second kappa shape index (κ2) is 7.46. The van der Waals surface area contributed by atoms with Gasteiger partial charge in [0.1, 0.15) is 5.82 Å². The van der Waals surface area contributed by atoms with Crippen molar-refractivity contribution >= 4 is 11.6 Å². The predicted molar refractivity (Wildman–Crippen MR) is 92.7 cm³/mol. The van der Waals surface area contributed by atoms with Crippen molar-refractivity contribution in [1.82, 2.24) is 15.1 Å². The molecule has 7 heteroatoms. The number of hydrogen-bond donors (Lipinski definition) is 1. The highest BCUT2D eigenvalue weighted by Gasteiger charge is 2.26. The third-order valence-corrected chi connectivity index (χ3v) is 4.52. The number of piperidine rings is 1. The van der Waals surface area contributed by atoms with Gasteiger partial charge in [-0.15, -0.1) is 0 Å². The standard InChI is InChI=1S/C18H21FN4O2/c1-22-17(24)9-15(11-21-22)23-8-4-6-14(12-23)18(25)20-10-13-5-2-3-7-16(13)19/h2-3,5,7,9,11,14H,4,6,8,10,12H2,1H3,(H,20,25).